The standard InChI is InChI=1S/C15H21ClN2O5/c1-10(14(19)18-21)7-13(8-23-9-22-2)17-15(20)11-3-5-12(16)6-4-11/h3-6,10,13,21H,7-9H2,1-2H3,(H,17,20)(H,18,19)/t10-,13-/m0/s1. The van der Waals surface area contributed by atoms with Crippen molar-refractivity contribution in [3.63, 3.8) is 0 Å². The molecule has 7 nitrogen and oxygen atoms in total. The predicted molar refractivity (Wildman–Crippen MR) is 84.2 cm³/mol. The first-order valence-corrected chi connectivity index (χ1v) is 7.42. The van der Waals surface area contributed by atoms with Gasteiger partial charge in [0.15, 0.2) is 0 Å². The van der Waals surface area contributed by atoms with Gasteiger partial charge in [-0.15, -0.1) is 0 Å². The Kier molecular flexibility index (Phi) is 8.57. The van der Waals surface area contributed by atoms with Gasteiger partial charge >= 0.3 is 0 Å². The monoisotopic (exact) mass is 344 g/mol. The lowest BCUT2D eigenvalue weighted by molar-refractivity contribution is -0.133. The highest BCUT2D eigenvalue weighted by Gasteiger charge is 2.21. The number of amides is 2. The Hall–Kier alpha value is -1.67. The largest absolute Gasteiger partial charge is 0.359 e. The van der Waals surface area contributed by atoms with Crippen molar-refractivity contribution < 1.29 is 24.3 Å². The van der Waals surface area contributed by atoms with Crippen LogP contribution in [-0.2, 0) is 14.3 Å². The van der Waals surface area contributed by atoms with Crippen LogP contribution in [-0.4, -0.2) is 43.6 Å². The van der Waals surface area contributed by atoms with Gasteiger partial charge in [-0.2, -0.15) is 0 Å². The smallest absolute Gasteiger partial charge is 0.251 e. The van der Waals surface area contributed by atoms with E-state index >= 15 is 0 Å². The minimum absolute atomic E-state index is 0.0773. The van der Waals surface area contributed by atoms with Gasteiger partial charge in [-0.25, -0.2) is 5.48 Å². The molecule has 1 aromatic rings. The fraction of sp³-hybridized carbons (Fsp3) is 0.467. The summed E-state index contributed by atoms with van der Waals surface area (Å²) in [7, 11) is 1.49. The number of carbonyl (C=O) groups excluding carboxylic acids is 2. The zero-order chi connectivity index (χ0) is 17.2. The maximum absolute atomic E-state index is 12.2. The minimum Gasteiger partial charge on any atom is -0.359 e. The molecule has 0 heterocycles. The van der Waals surface area contributed by atoms with Crippen LogP contribution in [0.2, 0.25) is 5.02 Å². The molecule has 0 unspecified atom stereocenters. The molecule has 128 valence electrons. The summed E-state index contributed by atoms with van der Waals surface area (Å²) in [6, 6.07) is 6.03. The van der Waals surface area contributed by atoms with Crippen LogP contribution in [0.1, 0.15) is 23.7 Å². The van der Waals surface area contributed by atoms with Crippen LogP contribution in [0.3, 0.4) is 0 Å². The molecule has 0 radical (unpaired) electrons. The molecule has 0 aromatic heterocycles. The summed E-state index contributed by atoms with van der Waals surface area (Å²) in [6.07, 6.45) is 0.301. The van der Waals surface area contributed by atoms with Gasteiger partial charge in [-0.3, -0.25) is 14.8 Å². The van der Waals surface area contributed by atoms with Crippen molar-refractivity contribution in [3.8, 4) is 0 Å². The Labute approximate surface area is 139 Å². The lowest BCUT2D eigenvalue weighted by Crippen LogP contribution is -2.41. The Morgan fingerprint density at radius 3 is 2.52 bits per heavy atom. The summed E-state index contributed by atoms with van der Waals surface area (Å²) in [6.45, 7) is 1.90. The second-order valence-electron chi connectivity index (χ2n) is 5.07. The highest BCUT2D eigenvalue weighted by atomic mass is 35.5. The molecule has 23 heavy (non-hydrogen) atoms. The van der Waals surface area contributed by atoms with E-state index in [-0.39, 0.29) is 19.3 Å². The van der Waals surface area contributed by atoms with E-state index in [9.17, 15) is 9.59 Å². The van der Waals surface area contributed by atoms with Crippen LogP contribution in [0, 0.1) is 5.92 Å². The molecule has 2 amide bonds. The number of carbonyl (C=O) groups is 2. The summed E-state index contributed by atoms with van der Waals surface area (Å²) in [4.78, 5) is 23.6. The van der Waals surface area contributed by atoms with E-state index in [2.05, 4.69) is 5.32 Å². The normalized spacial score (nSPS) is 13.2. The third-order valence-corrected chi connectivity index (χ3v) is 3.41. The number of hydroxylamine groups is 1. The summed E-state index contributed by atoms with van der Waals surface area (Å²) >= 11 is 5.79. The summed E-state index contributed by atoms with van der Waals surface area (Å²) in [5.41, 5.74) is 2.05. The first kappa shape index (κ1) is 19.4. The van der Waals surface area contributed by atoms with Crippen molar-refractivity contribution in [1.82, 2.24) is 10.8 Å². The summed E-state index contributed by atoms with van der Waals surface area (Å²) in [5.74, 6) is -1.33. The van der Waals surface area contributed by atoms with E-state index < -0.39 is 17.9 Å². The lowest BCUT2D eigenvalue weighted by atomic mass is 10.0. The van der Waals surface area contributed by atoms with Gasteiger partial charge in [-0.05, 0) is 30.7 Å². The number of ether oxygens (including phenoxy) is 2. The predicted octanol–water partition coefficient (Wildman–Crippen LogP) is 1.59. The molecule has 0 saturated carbocycles. The van der Waals surface area contributed by atoms with Crippen molar-refractivity contribution in [2.75, 3.05) is 20.5 Å². The third kappa shape index (κ3) is 6.96. The topological polar surface area (TPSA) is 96.9 Å². The Balaban J connectivity index is 2.68. The number of halogens is 1. The fourth-order valence-electron chi connectivity index (χ4n) is 1.96. The molecule has 0 bridgehead atoms. The number of rotatable bonds is 9. The molecule has 1 aromatic carbocycles. The second kappa shape index (κ2) is 10.2. The van der Waals surface area contributed by atoms with Crippen molar-refractivity contribution in [1.29, 1.82) is 0 Å². The summed E-state index contributed by atoms with van der Waals surface area (Å²) in [5, 5.41) is 12.0. The van der Waals surface area contributed by atoms with E-state index in [1.165, 1.54) is 7.11 Å². The molecular formula is C15H21ClN2O5. The van der Waals surface area contributed by atoms with Crippen LogP contribution < -0.4 is 10.8 Å². The van der Waals surface area contributed by atoms with Gasteiger partial charge in [0.1, 0.15) is 6.79 Å². The van der Waals surface area contributed by atoms with Gasteiger partial charge in [0.2, 0.25) is 5.91 Å². The molecule has 1 rings (SSSR count). The van der Waals surface area contributed by atoms with Crippen molar-refractivity contribution >= 4 is 23.4 Å². The average Bonchev–Trinajstić information content (AvgIpc) is 2.54. The van der Waals surface area contributed by atoms with Crippen LogP contribution in [0.15, 0.2) is 24.3 Å². The Morgan fingerprint density at radius 1 is 1.30 bits per heavy atom. The highest BCUT2D eigenvalue weighted by Crippen LogP contribution is 2.11. The number of hydrogen-bond donors (Lipinski definition) is 3. The van der Waals surface area contributed by atoms with E-state index in [4.69, 9.17) is 26.3 Å². The average molecular weight is 345 g/mol. The maximum atomic E-state index is 12.2. The molecule has 0 saturated heterocycles. The van der Waals surface area contributed by atoms with Crippen LogP contribution in [0.4, 0.5) is 0 Å². The van der Waals surface area contributed by atoms with Gasteiger partial charge < -0.3 is 14.8 Å². The first-order valence-electron chi connectivity index (χ1n) is 7.05. The quantitative estimate of drug-likeness (QED) is 0.273. The molecule has 3 N–H and O–H groups in total. The van der Waals surface area contributed by atoms with E-state index in [0.29, 0.717) is 17.0 Å². The minimum atomic E-state index is -0.525. The number of methoxy groups -OCH3 is 1. The van der Waals surface area contributed by atoms with Gasteiger partial charge in [0, 0.05) is 23.6 Å². The van der Waals surface area contributed by atoms with Gasteiger partial charge in [0.05, 0.1) is 12.6 Å². The molecule has 8 heteroatoms. The van der Waals surface area contributed by atoms with Crippen LogP contribution in [0.5, 0.6) is 0 Å². The number of nitrogens with one attached hydrogen (secondary N) is 2. The SMILES string of the molecule is COCOC[C@H](C[C@H](C)C(=O)NO)NC(=O)c1ccc(Cl)cc1. The van der Waals surface area contributed by atoms with Crippen LogP contribution >= 0.6 is 11.6 Å². The van der Waals surface area contributed by atoms with Crippen molar-refractivity contribution in [2.24, 2.45) is 5.92 Å². The molecule has 0 spiro atoms. The second-order valence-corrected chi connectivity index (χ2v) is 5.50. The molecule has 0 aliphatic rings. The van der Waals surface area contributed by atoms with E-state index in [0.717, 1.165) is 0 Å². The Morgan fingerprint density at radius 2 is 1.96 bits per heavy atom. The lowest BCUT2D eigenvalue weighted by Gasteiger charge is -2.21. The molecule has 0 fully saturated rings. The maximum Gasteiger partial charge on any atom is 0.251 e. The third-order valence-electron chi connectivity index (χ3n) is 3.16. The highest BCUT2D eigenvalue weighted by molar-refractivity contribution is 6.30. The molecular weight excluding hydrogens is 324 g/mol. The number of benzene rings is 1. The van der Waals surface area contributed by atoms with Crippen LogP contribution in [0.25, 0.3) is 0 Å². The molecule has 2 atom stereocenters. The van der Waals surface area contributed by atoms with E-state index in [1.54, 1.807) is 36.7 Å². The zero-order valence-corrected chi connectivity index (χ0v) is 13.8. The first-order chi connectivity index (χ1) is 11.0. The Bertz CT molecular complexity index is 509. The van der Waals surface area contributed by atoms with Gasteiger partial charge in [-0.1, -0.05) is 18.5 Å². The zero-order valence-electron chi connectivity index (χ0n) is 13.0. The number of hydrogen-bond acceptors (Lipinski definition) is 5. The van der Waals surface area contributed by atoms with Gasteiger partial charge in [0.25, 0.3) is 5.91 Å². The van der Waals surface area contributed by atoms with Crippen molar-refractivity contribution in [3.05, 3.63) is 34.9 Å². The van der Waals surface area contributed by atoms with Crippen molar-refractivity contribution in [2.45, 2.75) is 19.4 Å². The summed E-state index contributed by atoms with van der Waals surface area (Å²) < 4.78 is 10.1. The molecule has 0 aliphatic carbocycles. The van der Waals surface area contributed by atoms with E-state index in [1.807, 2.05) is 0 Å². The fourth-order valence-corrected chi connectivity index (χ4v) is 2.08. The molecule has 0 aliphatic heterocycles.